The highest BCUT2D eigenvalue weighted by Gasteiger charge is 2.15. The van der Waals surface area contributed by atoms with Crippen LogP contribution in [-0.2, 0) is 0 Å². The molecule has 0 N–H and O–H groups in total. The van der Waals surface area contributed by atoms with Crippen LogP contribution in [-0.4, -0.2) is 11.5 Å². The SMILES string of the molecule is C=C(N=C(N=C(C)c1cccc(-c2cc3ccccc3c3ccccc23)c1)c1cccc(-c2ccc3cc(-c4ccc5ccccc5c4)ccc3c2)c1)c1cccc(-c2cc3ccccc3c3ccccc23)c1. The van der Waals surface area contributed by atoms with E-state index in [9.17, 15) is 0 Å². The summed E-state index contributed by atoms with van der Waals surface area (Å²) in [6, 6.07) is 93.9. The molecule has 0 spiro atoms. The third kappa shape index (κ3) is 8.25. The largest absolute Gasteiger partial charge is 0.233 e. The average Bonchev–Trinajstić information content (AvgIpc) is 3.46. The minimum Gasteiger partial charge on any atom is -0.233 e. The van der Waals surface area contributed by atoms with Crippen LogP contribution in [0, 0.1) is 0 Å². The van der Waals surface area contributed by atoms with Gasteiger partial charge in [0.05, 0.1) is 5.70 Å². The monoisotopic (exact) mass is 928 g/mol. The number of aliphatic imine (C=N–C) groups is 2. The van der Waals surface area contributed by atoms with Crippen molar-refractivity contribution < 1.29 is 0 Å². The number of rotatable bonds is 8. The Morgan fingerprint density at radius 2 is 0.658 bits per heavy atom. The molecular formula is C71H48N2. The summed E-state index contributed by atoms with van der Waals surface area (Å²) < 4.78 is 0. The molecule has 2 heteroatoms. The number of nitrogens with zero attached hydrogens (tertiary/aromatic N) is 2. The van der Waals surface area contributed by atoms with Crippen LogP contribution in [0.25, 0.3) is 115 Å². The Labute approximate surface area is 425 Å². The molecule has 2 nitrogen and oxygen atoms in total. The van der Waals surface area contributed by atoms with Crippen LogP contribution in [0.4, 0.5) is 0 Å². The third-order valence-electron chi connectivity index (χ3n) is 14.5. The van der Waals surface area contributed by atoms with Crippen molar-refractivity contribution >= 4 is 81.9 Å². The van der Waals surface area contributed by atoms with Crippen molar-refractivity contribution in [3.05, 3.63) is 284 Å². The molecule has 0 aliphatic carbocycles. The highest BCUT2D eigenvalue weighted by Crippen LogP contribution is 2.38. The Hall–Kier alpha value is -9.50. The number of hydrogen-bond donors (Lipinski definition) is 0. The van der Waals surface area contributed by atoms with Gasteiger partial charge in [-0.2, -0.15) is 0 Å². The number of amidine groups is 1. The van der Waals surface area contributed by atoms with Crippen LogP contribution >= 0.6 is 0 Å². The second-order valence-corrected chi connectivity index (χ2v) is 19.0. The van der Waals surface area contributed by atoms with Gasteiger partial charge in [-0.25, -0.2) is 9.98 Å². The van der Waals surface area contributed by atoms with Gasteiger partial charge in [0, 0.05) is 16.8 Å². The first kappa shape index (κ1) is 43.5. The number of hydrogen-bond acceptors (Lipinski definition) is 1. The van der Waals surface area contributed by atoms with Gasteiger partial charge in [0.2, 0.25) is 0 Å². The molecule has 0 saturated heterocycles. The van der Waals surface area contributed by atoms with Crippen LogP contribution in [0.2, 0.25) is 0 Å². The minimum absolute atomic E-state index is 0.591. The first-order valence-corrected chi connectivity index (χ1v) is 25.0. The second-order valence-electron chi connectivity index (χ2n) is 19.0. The Kier molecular flexibility index (Phi) is 10.9. The third-order valence-corrected chi connectivity index (χ3v) is 14.5. The first-order valence-electron chi connectivity index (χ1n) is 25.0. The summed E-state index contributed by atoms with van der Waals surface area (Å²) in [4.78, 5) is 10.8. The molecule has 0 atom stereocenters. The molecule has 0 unspecified atom stereocenters. The molecule has 0 aliphatic heterocycles. The summed E-state index contributed by atoms with van der Waals surface area (Å²) in [5, 5.41) is 14.7. The molecule has 0 fully saturated rings. The van der Waals surface area contributed by atoms with Gasteiger partial charge in [-0.3, -0.25) is 0 Å². The molecule has 13 rings (SSSR count). The summed E-state index contributed by atoms with van der Waals surface area (Å²) in [6.07, 6.45) is 0. The fraction of sp³-hybridized carbons (Fsp3) is 0.0141. The lowest BCUT2D eigenvalue weighted by Crippen LogP contribution is -2.05. The molecule has 342 valence electrons. The maximum absolute atomic E-state index is 5.43. The predicted octanol–water partition coefficient (Wildman–Crippen LogP) is 19.2. The van der Waals surface area contributed by atoms with E-state index in [1.54, 1.807) is 0 Å². The summed E-state index contributed by atoms with van der Waals surface area (Å²) >= 11 is 0. The van der Waals surface area contributed by atoms with Crippen molar-refractivity contribution in [3.63, 3.8) is 0 Å². The van der Waals surface area contributed by atoms with E-state index in [0.717, 1.165) is 44.7 Å². The van der Waals surface area contributed by atoms with Crippen LogP contribution in [0.15, 0.2) is 277 Å². The molecule has 0 radical (unpaired) electrons. The first-order chi connectivity index (χ1) is 36.0. The number of fused-ring (bicyclic) bond motifs is 8. The van der Waals surface area contributed by atoms with Crippen molar-refractivity contribution in [1.29, 1.82) is 0 Å². The van der Waals surface area contributed by atoms with Crippen molar-refractivity contribution in [2.75, 3.05) is 0 Å². The van der Waals surface area contributed by atoms with Crippen molar-refractivity contribution in [3.8, 4) is 44.5 Å². The Morgan fingerprint density at radius 3 is 1.22 bits per heavy atom. The van der Waals surface area contributed by atoms with Crippen LogP contribution in [0.3, 0.4) is 0 Å². The fourth-order valence-corrected chi connectivity index (χ4v) is 10.7. The van der Waals surface area contributed by atoms with E-state index in [4.69, 9.17) is 9.98 Å². The van der Waals surface area contributed by atoms with E-state index < -0.39 is 0 Å². The standard InChI is InChI=1S/C71H48N2/c1-46(49-20-13-23-58(38-49)69-44-60-18-5-7-26-63(60)65-28-9-11-30-67(65)69)72-71(73-47(2)50-21-14-24-59(39-50)70-45-61-19-6-8-27-64(61)66-29-10-12-31-68(66)70)62-25-15-22-52(43-62)53-34-35-57-42-56(37-36-55(57)41-53)54-33-32-48-16-3-4-17-51(48)40-54/h3-45H,1H2,2H3. The van der Waals surface area contributed by atoms with Gasteiger partial charge >= 0.3 is 0 Å². The zero-order chi connectivity index (χ0) is 48.8. The minimum atomic E-state index is 0.591. The molecule has 73 heavy (non-hydrogen) atoms. The highest BCUT2D eigenvalue weighted by atomic mass is 14.9. The van der Waals surface area contributed by atoms with Crippen LogP contribution in [0.5, 0.6) is 0 Å². The van der Waals surface area contributed by atoms with Gasteiger partial charge in [0.25, 0.3) is 0 Å². The zero-order valence-electron chi connectivity index (χ0n) is 40.4. The van der Waals surface area contributed by atoms with Gasteiger partial charge in [-0.15, -0.1) is 0 Å². The van der Waals surface area contributed by atoms with E-state index in [0.29, 0.717) is 11.5 Å². The second kappa shape index (κ2) is 18.4. The smallest absolute Gasteiger partial charge is 0.160 e. The van der Waals surface area contributed by atoms with E-state index in [1.807, 2.05) is 0 Å². The molecule has 0 amide bonds. The van der Waals surface area contributed by atoms with E-state index >= 15 is 0 Å². The molecule has 0 bridgehead atoms. The lowest BCUT2D eigenvalue weighted by Gasteiger charge is -2.13. The predicted molar refractivity (Wildman–Crippen MR) is 314 cm³/mol. The molecule has 13 aromatic rings. The lowest BCUT2D eigenvalue weighted by molar-refractivity contribution is 1.44. The topological polar surface area (TPSA) is 24.7 Å². The van der Waals surface area contributed by atoms with Gasteiger partial charge in [0.1, 0.15) is 0 Å². The van der Waals surface area contributed by atoms with E-state index in [2.05, 4.69) is 274 Å². The molecule has 0 heterocycles. The summed E-state index contributed by atoms with van der Waals surface area (Å²) in [5.74, 6) is 0.591. The maximum atomic E-state index is 5.43. The molecule has 13 aromatic carbocycles. The van der Waals surface area contributed by atoms with Gasteiger partial charge < -0.3 is 0 Å². The quantitative estimate of drug-likeness (QED) is 0.0824. The van der Waals surface area contributed by atoms with Crippen LogP contribution in [0.1, 0.15) is 23.6 Å². The van der Waals surface area contributed by atoms with Crippen molar-refractivity contribution in [2.24, 2.45) is 9.98 Å². The van der Waals surface area contributed by atoms with Gasteiger partial charge in [-0.1, -0.05) is 219 Å². The fourth-order valence-electron chi connectivity index (χ4n) is 10.7. The Morgan fingerprint density at radius 1 is 0.274 bits per heavy atom. The lowest BCUT2D eigenvalue weighted by atomic mass is 9.92. The summed E-state index contributed by atoms with van der Waals surface area (Å²) in [7, 11) is 0. The molecule has 0 aromatic heterocycles. The molecule has 0 aliphatic rings. The molecule has 0 saturated carbocycles. The van der Waals surface area contributed by atoms with Gasteiger partial charge in [0.15, 0.2) is 5.84 Å². The van der Waals surface area contributed by atoms with Gasteiger partial charge in [-0.05, 0) is 170 Å². The summed E-state index contributed by atoms with van der Waals surface area (Å²) in [6.45, 7) is 6.71. The van der Waals surface area contributed by atoms with E-state index in [1.165, 1.54) is 86.9 Å². The summed E-state index contributed by atoms with van der Waals surface area (Å²) in [5.41, 5.74) is 13.6. The molecular weight excluding hydrogens is 881 g/mol. The Balaban J connectivity index is 0.898. The Bertz CT molecular complexity index is 4420. The zero-order valence-corrected chi connectivity index (χ0v) is 40.4. The highest BCUT2D eigenvalue weighted by molar-refractivity contribution is 6.17. The normalized spacial score (nSPS) is 12.1. The van der Waals surface area contributed by atoms with E-state index in [-0.39, 0.29) is 0 Å². The average molecular weight is 929 g/mol. The number of benzene rings is 13. The maximum Gasteiger partial charge on any atom is 0.160 e. The van der Waals surface area contributed by atoms with Crippen LogP contribution < -0.4 is 0 Å². The van der Waals surface area contributed by atoms with Crippen molar-refractivity contribution in [2.45, 2.75) is 6.92 Å². The van der Waals surface area contributed by atoms with Crippen molar-refractivity contribution in [1.82, 2.24) is 0 Å².